The van der Waals surface area contributed by atoms with Crippen LogP contribution in [0, 0.1) is 11.3 Å². The molecule has 0 aromatic carbocycles. The third-order valence-corrected chi connectivity index (χ3v) is 16.7. The molecule has 2 aliphatic heterocycles. The van der Waals surface area contributed by atoms with Crippen LogP contribution in [0.25, 0.3) is 5.57 Å². The maximum atomic E-state index is 10.2. The second kappa shape index (κ2) is 7.86. The summed E-state index contributed by atoms with van der Waals surface area (Å²) in [6, 6.07) is 4.35. The minimum absolute atomic E-state index is 0.0936. The van der Waals surface area contributed by atoms with E-state index in [-0.39, 0.29) is 6.10 Å². The van der Waals surface area contributed by atoms with Crippen LogP contribution < -0.4 is 0 Å². The number of fused-ring (bicyclic) bond motifs is 5. The summed E-state index contributed by atoms with van der Waals surface area (Å²) in [5, 5.41) is 10.2. The van der Waals surface area contributed by atoms with Crippen molar-refractivity contribution < 1.29 is 5.11 Å². The zero-order valence-electron chi connectivity index (χ0n) is 17.9. The molecule has 0 bridgehead atoms. The standard InChI is InChI=1S/C23H30INO.C2H6/c1-22-10-7-18(26)14-17(22)5-6-21-20(22)8-11-23(2)19(9-12-24(21)23)16-4-3-13-25-15-16;1-2/h3-5,9,13,15,18,20-21,26H,6-8,10-12,14H2,1-2H3;1-2H3. The van der Waals surface area contributed by atoms with Crippen molar-refractivity contribution in [3.8, 4) is 0 Å². The van der Waals surface area contributed by atoms with Crippen molar-refractivity contribution in [2.24, 2.45) is 11.3 Å². The van der Waals surface area contributed by atoms with Crippen LogP contribution in [0.5, 0.6) is 0 Å². The molecule has 28 heavy (non-hydrogen) atoms. The van der Waals surface area contributed by atoms with Gasteiger partial charge in [0.1, 0.15) is 0 Å². The molecule has 0 spiro atoms. The Labute approximate surface area is 178 Å². The summed E-state index contributed by atoms with van der Waals surface area (Å²) in [6.07, 6.45) is 16.2. The first-order valence-corrected chi connectivity index (χ1v) is 15.0. The van der Waals surface area contributed by atoms with Crippen molar-refractivity contribution in [3.05, 3.63) is 47.8 Å². The number of allylic oxidation sites excluding steroid dienone is 3. The predicted molar refractivity (Wildman–Crippen MR) is 128 cm³/mol. The maximum absolute atomic E-state index is 10.2. The molecule has 1 saturated carbocycles. The minimum atomic E-state index is -1.14. The molecule has 3 heteroatoms. The number of aromatic nitrogens is 1. The van der Waals surface area contributed by atoms with Crippen LogP contribution in [-0.2, 0) is 0 Å². The molecule has 1 saturated heterocycles. The molecule has 154 valence electrons. The van der Waals surface area contributed by atoms with Gasteiger partial charge >= 0.3 is 165 Å². The molecule has 2 nitrogen and oxygen atoms in total. The first kappa shape index (κ1) is 20.6. The van der Waals surface area contributed by atoms with E-state index in [4.69, 9.17) is 0 Å². The van der Waals surface area contributed by atoms with E-state index in [9.17, 15) is 5.11 Å². The van der Waals surface area contributed by atoms with E-state index in [1.54, 1.807) is 11.1 Å². The zero-order valence-corrected chi connectivity index (χ0v) is 20.1. The van der Waals surface area contributed by atoms with Gasteiger partial charge in [0, 0.05) is 0 Å². The van der Waals surface area contributed by atoms with Crippen molar-refractivity contribution in [1.82, 2.24) is 4.98 Å². The Kier molecular flexibility index (Phi) is 5.78. The van der Waals surface area contributed by atoms with Crippen molar-refractivity contribution >= 4 is 25.4 Å². The van der Waals surface area contributed by atoms with Gasteiger partial charge in [0.15, 0.2) is 0 Å². The van der Waals surface area contributed by atoms with Gasteiger partial charge in [-0.3, -0.25) is 0 Å². The molecule has 2 aliphatic carbocycles. The van der Waals surface area contributed by atoms with Crippen molar-refractivity contribution in [3.63, 3.8) is 0 Å². The number of hydrogen-bond acceptors (Lipinski definition) is 2. The summed E-state index contributed by atoms with van der Waals surface area (Å²) in [5.74, 6) is 0.870. The third-order valence-electron chi connectivity index (χ3n) is 7.81. The molecule has 5 atom stereocenters. The third kappa shape index (κ3) is 3.12. The van der Waals surface area contributed by atoms with Gasteiger partial charge in [-0.2, -0.15) is 0 Å². The SMILES string of the molecule is CC.CC12CCC(O)CC1=CCC1C2CCC2(C)C(c3cccnc3)=CCI12. The Morgan fingerprint density at radius 2 is 1.96 bits per heavy atom. The fraction of sp³-hybridized carbons (Fsp3) is 0.640. The van der Waals surface area contributed by atoms with Gasteiger partial charge in [-0.05, 0) is 0 Å². The number of hydrogen-bond donors (Lipinski definition) is 1. The number of aliphatic hydroxyl groups is 1. The van der Waals surface area contributed by atoms with E-state index in [1.807, 2.05) is 20.0 Å². The Hall–Kier alpha value is -0.680. The molecular formula is C25H36INO. The molecule has 1 N–H and O–H groups in total. The quantitative estimate of drug-likeness (QED) is 0.278. The zero-order chi connectivity index (χ0) is 19.9. The molecule has 4 aliphatic rings. The molecule has 1 aromatic heterocycles. The van der Waals surface area contributed by atoms with Gasteiger partial charge in [-0.15, -0.1) is 0 Å². The number of alkyl halides is 3. The summed E-state index contributed by atoms with van der Waals surface area (Å²) in [6.45, 7) is 9.12. The van der Waals surface area contributed by atoms with Crippen LogP contribution in [0.2, 0.25) is 0 Å². The fourth-order valence-electron chi connectivity index (χ4n) is 6.29. The average molecular weight is 493 g/mol. The Morgan fingerprint density at radius 1 is 1.14 bits per heavy atom. The van der Waals surface area contributed by atoms with E-state index in [0.717, 1.165) is 22.7 Å². The van der Waals surface area contributed by atoms with E-state index >= 15 is 0 Å². The van der Waals surface area contributed by atoms with E-state index in [0.29, 0.717) is 8.84 Å². The van der Waals surface area contributed by atoms with Gasteiger partial charge in [-0.1, -0.05) is 13.8 Å². The number of aliphatic hydroxyl groups excluding tert-OH is 1. The molecule has 0 amide bonds. The van der Waals surface area contributed by atoms with Crippen molar-refractivity contribution in [2.45, 2.75) is 79.7 Å². The number of halogens is 1. The Morgan fingerprint density at radius 3 is 2.71 bits per heavy atom. The van der Waals surface area contributed by atoms with Crippen LogP contribution in [0.4, 0.5) is 0 Å². The van der Waals surface area contributed by atoms with Gasteiger partial charge in [0.05, 0.1) is 0 Å². The molecule has 2 fully saturated rings. The monoisotopic (exact) mass is 493 g/mol. The topological polar surface area (TPSA) is 33.1 Å². The molecule has 5 unspecified atom stereocenters. The van der Waals surface area contributed by atoms with E-state index in [2.05, 4.69) is 49.3 Å². The Balaban J connectivity index is 0.000000932. The number of nitrogens with zero attached hydrogens (tertiary/aromatic N) is 1. The number of rotatable bonds is 1. The summed E-state index contributed by atoms with van der Waals surface area (Å²) in [5.41, 5.74) is 4.95. The molecule has 5 rings (SSSR count). The van der Waals surface area contributed by atoms with E-state index in [1.165, 1.54) is 35.7 Å². The van der Waals surface area contributed by atoms with Crippen molar-refractivity contribution in [1.29, 1.82) is 0 Å². The predicted octanol–water partition coefficient (Wildman–Crippen LogP) is 6.43. The second-order valence-electron chi connectivity index (χ2n) is 9.05. The summed E-state index contributed by atoms with van der Waals surface area (Å²) in [4.78, 5) is 4.39. The van der Waals surface area contributed by atoms with Crippen LogP contribution in [-0.4, -0.2) is 28.0 Å². The fourth-order valence-corrected chi connectivity index (χ4v) is 15.9. The second-order valence-corrected chi connectivity index (χ2v) is 16.2. The average Bonchev–Trinajstić information content (AvgIpc) is 3.08. The normalized spacial score (nSPS) is 40.2. The van der Waals surface area contributed by atoms with Gasteiger partial charge < -0.3 is 0 Å². The van der Waals surface area contributed by atoms with Gasteiger partial charge in [-0.25, -0.2) is 0 Å². The Bertz CT molecular complexity index is 772. The van der Waals surface area contributed by atoms with Crippen LogP contribution in [0.1, 0.15) is 71.8 Å². The summed E-state index contributed by atoms with van der Waals surface area (Å²) in [7, 11) is 0. The number of pyridine rings is 1. The summed E-state index contributed by atoms with van der Waals surface area (Å²) < 4.78 is 2.80. The van der Waals surface area contributed by atoms with Crippen molar-refractivity contribution in [2.75, 3.05) is 4.43 Å². The molecule has 0 radical (unpaired) electrons. The van der Waals surface area contributed by atoms with Crippen LogP contribution in [0.15, 0.2) is 42.3 Å². The van der Waals surface area contributed by atoms with Crippen LogP contribution >= 0.6 is 19.8 Å². The van der Waals surface area contributed by atoms with Gasteiger partial charge in [0.25, 0.3) is 0 Å². The first-order chi connectivity index (χ1) is 13.5. The van der Waals surface area contributed by atoms with E-state index < -0.39 is 19.8 Å². The molecule has 1 aromatic rings. The molecular weight excluding hydrogens is 457 g/mol. The van der Waals surface area contributed by atoms with Crippen LogP contribution in [0.3, 0.4) is 0 Å². The first-order valence-electron chi connectivity index (χ1n) is 11.2. The van der Waals surface area contributed by atoms with Gasteiger partial charge in [0.2, 0.25) is 0 Å². The molecule has 3 heterocycles. The summed E-state index contributed by atoms with van der Waals surface area (Å²) >= 11 is -1.14.